The molecule has 2 rings (SSSR count). The highest BCUT2D eigenvalue weighted by Gasteiger charge is 2.11. The molecule has 3 nitrogen and oxygen atoms in total. The quantitative estimate of drug-likeness (QED) is 0.876. The third kappa shape index (κ3) is 2.76. The van der Waals surface area contributed by atoms with E-state index < -0.39 is 5.97 Å². The third-order valence-electron chi connectivity index (χ3n) is 3.14. The van der Waals surface area contributed by atoms with Crippen molar-refractivity contribution in [3.8, 4) is 16.9 Å². The zero-order valence-corrected chi connectivity index (χ0v) is 10.9. The SMILES string of the molecule is CC(C)c1ccc(-c2ccc(O)c(C(=O)O)c2)cc1. The van der Waals surface area contributed by atoms with E-state index in [1.54, 1.807) is 6.07 Å². The molecule has 0 spiro atoms. The van der Waals surface area contributed by atoms with Gasteiger partial charge in [0.05, 0.1) is 0 Å². The summed E-state index contributed by atoms with van der Waals surface area (Å²) in [6.45, 7) is 4.25. The lowest BCUT2D eigenvalue weighted by Gasteiger charge is -2.08. The highest BCUT2D eigenvalue weighted by molar-refractivity contribution is 5.92. The predicted octanol–water partition coefficient (Wildman–Crippen LogP) is 3.88. The van der Waals surface area contributed by atoms with E-state index in [-0.39, 0.29) is 11.3 Å². The largest absolute Gasteiger partial charge is 0.507 e. The first-order valence-electron chi connectivity index (χ1n) is 6.15. The van der Waals surface area contributed by atoms with Crippen LogP contribution in [0.5, 0.6) is 5.75 Å². The molecule has 0 heterocycles. The van der Waals surface area contributed by atoms with Gasteiger partial charge >= 0.3 is 5.97 Å². The van der Waals surface area contributed by atoms with Crippen molar-refractivity contribution < 1.29 is 15.0 Å². The number of phenols is 1. The maximum atomic E-state index is 11.0. The first-order chi connectivity index (χ1) is 8.99. The fraction of sp³-hybridized carbons (Fsp3) is 0.188. The van der Waals surface area contributed by atoms with Crippen LogP contribution in [0, 0.1) is 0 Å². The third-order valence-corrected chi connectivity index (χ3v) is 3.14. The molecule has 0 amide bonds. The molecule has 0 saturated heterocycles. The zero-order valence-electron chi connectivity index (χ0n) is 10.9. The number of hydrogen-bond donors (Lipinski definition) is 2. The molecule has 0 atom stereocenters. The van der Waals surface area contributed by atoms with Gasteiger partial charge in [-0.15, -0.1) is 0 Å². The normalized spacial score (nSPS) is 10.7. The summed E-state index contributed by atoms with van der Waals surface area (Å²) in [5.41, 5.74) is 2.88. The Morgan fingerprint density at radius 1 is 1.00 bits per heavy atom. The topological polar surface area (TPSA) is 57.5 Å². The van der Waals surface area contributed by atoms with Crippen LogP contribution in [0.1, 0.15) is 35.7 Å². The summed E-state index contributed by atoms with van der Waals surface area (Å²) >= 11 is 0. The molecule has 98 valence electrons. The van der Waals surface area contributed by atoms with Gasteiger partial charge in [-0.25, -0.2) is 4.79 Å². The van der Waals surface area contributed by atoms with Crippen molar-refractivity contribution in [1.29, 1.82) is 0 Å². The van der Waals surface area contributed by atoms with Crippen molar-refractivity contribution >= 4 is 5.97 Å². The number of rotatable bonds is 3. The van der Waals surface area contributed by atoms with E-state index in [9.17, 15) is 9.90 Å². The molecule has 0 aliphatic carbocycles. The van der Waals surface area contributed by atoms with Crippen LogP contribution in [0.25, 0.3) is 11.1 Å². The van der Waals surface area contributed by atoms with Gasteiger partial charge in [0.25, 0.3) is 0 Å². The molecule has 2 N–H and O–H groups in total. The summed E-state index contributed by atoms with van der Waals surface area (Å²) in [5, 5.41) is 18.5. The molecule has 0 aliphatic heterocycles. The standard InChI is InChI=1S/C16H16O3/c1-10(2)11-3-5-12(6-4-11)13-7-8-15(17)14(9-13)16(18)19/h3-10,17H,1-2H3,(H,18,19). The predicted molar refractivity (Wildman–Crippen MR) is 74.6 cm³/mol. The van der Waals surface area contributed by atoms with Crippen LogP contribution in [-0.2, 0) is 0 Å². The van der Waals surface area contributed by atoms with Crippen LogP contribution in [0.2, 0.25) is 0 Å². The van der Waals surface area contributed by atoms with Gasteiger partial charge in [-0.2, -0.15) is 0 Å². The molecule has 2 aromatic rings. The van der Waals surface area contributed by atoms with Gasteiger partial charge in [0, 0.05) is 0 Å². The number of carbonyl (C=O) groups is 1. The molecule has 19 heavy (non-hydrogen) atoms. The number of carboxylic acids is 1. The molecular formula is C16H16O3. The highest BCUT2D eigenvalue weighted by atomic mass is 16.4. The van der Waals surface area contributed by atoms with E-state index in [4.69, 9.17) is 5.11 Å². The smallest absolute Gasteiger partial charge is 0.339 e. The molecule has 0 radical (unpaired) electrons. The summed E-state index contributed by atoms with van der Waals surface area (Å²) in [7, 11) is 0. The lowest BCUT2D eigenvalue weighted by atomic mass is 9.97. The highest BCUT2D eigenvalue weighted by Crippen LogP contribution is 2.27. The fourth-order valence-corrected chi connectivity index (χ4v) is 1.95. The molecule has 0 aromatic heterocycles. The number of benzene rings is 2. The van der Waals surface area contributed by atoms with Crippen molar-refractivity contribution in [2.45, 2.75) is 19.8 Å². The van der Waals surface area contributed by atoms with Gasteiger partial charge in [0.2, 0.25) is 0 Å². The Morgan fingerprint density at radius 3 is 2.11 bits per heavy atom. The molecule has 0 saturated carbocycles. The molecule has 2 aromatic carbocycles. The van der Waals surface area contributed by atoms with Crippen LogP contribution in [0.15, 0.2) is 42.5 Å². The Bertz CT molecular complexity index is 598. The van der Waals surface area contributed by atoms with Crippen molar-refractivity contribution in [3.05, 3.63) is 53.6 Å². The maximum absolute atomic E-state index is 11.0. The second-order valence-corrected chi connectivity index (χ2v) is 4.81. The van der Waals surface area contributed by atoms with E-state index in [2.05, 4.69) is 13.8 Å². The number of hydrogen-bond acceptors (Lipinski definition) is 2. The lowest BCUT2D eigenvalue weighted by Crippen LogP contribution is -1.97. The van der Waals surface area contributed by atoms with E-state index in [0.717, 1.165) is 11.1 Å². The second kappa shape index (κ2) is 5.14. The van der Waals surface area contributed by atoms with Gasteiger partial charge in [-0.05, 0) is 34.7 Å². The first kappa shape index (κ1) is 13.1. The summed E-state index contributed by atoms with van der Waals surface area (Å²) in [6, 6.07) is 12.6. The van der Waals surface area contributed by atoms with Crippen LogP contribution in [-0.4, -0.2) is 16.2 Å². The number of aromatic carboxylic acids is 1. The van der Waals surface area contributed by atoms with Crippen LogP contribution in [0.4, 0.5) is 0 Å². The van der Waals surface area contributed by atoms with Crippen molar-refractivity contribution in [2.75, 3.05) is 0 Å². The lowest BCUT2D eigenvalue weighted by molar-refractivity contribution is 0.0694. The van der Waals surface area contributed by atoms with Crippen LogP contribution >= 0.6 is 0 Å². The minimum Gasteiger partial charge on any atom is -0.507 e. The second-order valence-electron chi connectivity index (χ2n) is 4.81. The van der Waals surface area contributed by atoms with Gasteiger partial charge in [0.15, 0.2) is 0 Å². The molecule has 0 bridgehead atoms. The van der Waals surface area contributed by atoms with Gasteiger partial charge in [0.1, 0.15) is 11.3 Å². The van der Waals surface area contributed by atoms with E-state index in [1.165, 1.54) is 17.7 Å². The molecule has 3 heteroatoms. The molecular weight excluding hydrogens is 240 g/mol. The van der Waals surface area contributed by atoms with Gasteiger partial charge < -0.3 is 10.2 Å². The number of aromatic hydroxyl groups is 1. The summed E-state index contributed by atoms with van der Waals surface area (Å²) in [6.07, 6.45) is 0. The van der Waals surface area contributed by atoms with Crippen molar-refractivity contribution in [3.63, 3.8) is 0 Å². The minimum atomic E-state index is -1.13. The minimum absolute atomic E-state index is 0.0783. The Hall–Kier alpha value is -2.29. The summed E-state index contributed by atoms with van der Waals surface area (Å²) in [5.74, 6) is -0.878. The van der Waals surface area contributed by atoms with Crippen LogP contribution in [0.3, 0.4) is 0 Å². The van der Waals surface area contributed by atoms with E-state index in [0.29, 0.717) is 5.92 Å². The van der Waals surface area contributed by atoms with Crippen LogP contribution < -0.4 is 0 Å². The molecule has 0 fully saturated rings. The summed E-state index contributed by atoms with van der Waals surface area (Å²) in [4.78, 5) is 11.0. The van der Waals surface area contributed by atoms with E-state index >= 15 is 0 Å². The van der Waals surface area contributed by atoms with Crippen molar-refractivity contribution in [1.82, 2.24) is 0 Å². The van der Waals surface area contributed by atoms with Gasteiger partial charge in [-0.3, -0.25) is 0 Å². The zero-order chi connectivity index (χ0) is 14.0. The molecule has 0 aliphatic rings. The fourth-order valence-electron chi connectivity index (χ4n) is 1.95. The molecule has 0 unspecified atom stereocenters. The van der Waals surface area contributed by atoms with E-state index in [1.807, 2.05) is 24.3 Å². The Morgan fingerprint density at radius 2 is 1.58 bits per heavy atom. The van der Waals surface area contributed by atoms with Crippen molar-refractivity contribution in [2.24, 2.45) is 0 Å². The Balaban J connectivity index is 2.41. The Labute approximate surface area is 112 Å². The summed E-state index contributed by atoms with van der Waals surface area (Å²) < 4.78 is 0. The van der Waals surface area contributed by atoms with Gasteiger partial charge in [-0.1, -0.05) is 44.2 Å². The Kier molecular flexibility index (Phi) is 3.56. The average Bonchev–Trinajstić information content (AvgIpc) is 2.39. The number of carboxylic acid groups (broad SMARTS) is 1. The maximum Gasteiger partial charge on any atom is 0.339 e. The first-order valence-corrected chi connectivity index (χ1v) is 6.15. The average molecular weight is 256 g/mol. The monoisotopic (exact) mass is 256 g/mol.